The minimum atomic E-state index is -0.295. The van der Waals surface area contributed by atoms with Gasteiger partial charge in [0, 0.05) is 0 Å². The van der Waals surface area contributed by atoms with Gasteiger partial charge in [0.1, 0.15) is 6.10 Å². The first-order valence-corrected chi connectivity index (χ1v) is 6.99. The van der Waals surface area contributed by atoms with Crippen LogP contribution in [0, 0.1) is 0 Å². The molecule has 0 fully saturated rings. The summed E-state index contributed by atoms with van der Waals surface area (Å²) in [6.07, 6.45) is -0.288. The summed E-state index contributed by atoms with van der Waals surface area (Å²) in [6.45, 7) is 1.91. The summed E-state index contributed by atoms with van der Waals surface area (Å²) in [4.78, 5) is 12.1. The number of hydrogen-bond donors (Lipinski definition) is 0. The van der Waals surface area contributed by atoms with Crippen molar-refractivity contribution in [3.05, 3.63) is 83.9 Å². The highest BCUT2D eigenvalue weighted by Gasteiger charge is 2.15. The van der Waals surface area contributed by atoms with Crippen molar-refractivity contribution in [1.29, 1.82) is 0 Å². The molecule has 3 aromatic carbocycles. The monoisotopic (exact) mass is 276 g/mol. The molecule has 3 aromatic rings. The van der Waals surface area contributed by atoms with Crippen LogP contribution >= 0.6 is 0 Å². The maximum Gasteiger partial charge on any atom is 0.338 e. The Labute approximate surface area is 124 Å². The highest BCUT2D eigenvalue weighted by Crippen LogP contribution is 2.26. The van der Waals surface area contributed by atoms with E-state index in [0.29, 0.717) is 5.56 Å². The van der Waals surface area contributed by atoms with Gasteiger partial charge in [-0.1, -0.05) is 60.7 Å². The molecule has 0 unspecified atom stereocenters. The molecule has 2 heteroatoms. The smallest absolute Gasteiger partial charge is 0.338 e. The molecule has 0 saturated heterocycles. The third-order valence-corrected chi connectivity index (χ3v) is 3.55. The van der Waals surface area contributed by atoms with Gasteiger partial charge in [-0.2, -0.15) is 0 Å². The van der Waals surface area contributed by atoms with Gasteiger partial charge in [0.2, 0.25) is 0 Å². The fourth-order valence-corrected chi connectivity index (χ4v) is 2.47. The van der Waals surface area contributed by atoms with Crippen LogP contribution in [-0.4, -0.2) is 5.97 Å². The number of hydrogen-bond acceptors (Lipinski definition) is 2. The van der Waals surface area contributed by atoms with Crippen molar-refractivity contribution in [3.8, 4) is 0 Å². The Kier molecular flexibility index (Phi) is 3.69. The molecule has 21 heavy (non-hydrogen) atoms. The topological polar surface area (TPSA) is 26.3 Å². The standard InChI is InChI=1S/C19H16O2/c1-14(21-19(20)16-9-3-2-4-10-16)17-13-7-11-15-8-5-6-12-18(15)17/h2-14H,1H3/t14-/m1/s1. The molecule has 0 aliphatic carbocycles. The Morgan fingerprint density at radius 1 is 0.857 bits per heavy atom. The molecule has 0 N–H and O–H groups in total. The Morgan fingerprint density at radius 2 is 1.52 bits per heavy atom. The Hall–Kier alpha value is -2.61. The minimum Gasteiger partial charge on any atom is -0.454 e. The SMILES string of the molecule is C[C@@H](OC(=O)c1ccccc1)c1cccc2ccccc12. The number of carbonyl (C=O) groups excluding carboxylic acids is 1. The fraction of sp³-hybridized carbons (Fsp3) is 0.105. The summed E-state index contributed by atoms with van der Waals surface area (Å²) in [5.41, 5.74) is 1.60. The number of fused-ring (bicyclic) bond motifs is 1. The van der Waals surface area contributed by atoms with Crippen molar-refractivity contribution in [2.45, 2.75) is 13.0 Å². The first kappa shape index (κ1) is 13.4. The quantitative estimate of drug-likeness (QED) is 0.645. The maximum atomic E-state index is 12.1. The maximum absolute atomic E-state index is 12.1. The highest BCUT2D eigenvalue weighted by molar-refractivity contribution is 5.90. The second-order valence-corrected chi connectivity index (χ2v) is 4.98. The van der Waals surface area contributed by atoms with Crippen molar-refractivity contribution in [2.24, 2.45) is 0 Å². The Morgan fingerprint density at radius 3 is 2.33 bits per heavy atom. The summed E-state index contributed by atoms with van der Waals surface area (Å²) in [7, 11) is 0. The fourth-order valence-electron chi connectivity index (χ4n) is 2.47. The number of ether oxygens (including phenoxy) is 1. The number of benzene rings is 3. The van der Waals surface area contributed by atoms with Crippen LogP contribution in [0.25, 0.3) is 10.8 Å². The van der Waals surface area contributed by atoms with Gasteiger partial charge in [0.15, 0.2) is 0 Å². The van der Waals surface area contributed by atoms with E-state index < -0.39 is 0 Å². The van der Waals surface area contributed by atoms with Gasteiger partial charge in [0.25, 0.3) is 0 Å². The molecule has 104 valence electrons. The van der Waals surface area contributed by atoms with Crippen molar-refractivity contribution < 1.29 is 9.53 Å². The van der Waals surface area contributed by atoms with Crippen LogP contribution in [0.5, 0.6) is 0 Å². The van der Waals surface area contributed by atoms with Gasteiger partial charge in [-0.05, 0) is 35.4 Å². The molecular weight excluding hydrogens is 260 g/mol. The van der Waals surface area contributed by atoms with Gasteiger partial charge in [0.05, 0.1) is 5.56 Å². The average molecular weight is 276 g/mol. The predicted molar refractivity (Wildman–Crippen MR) is 84.2 cm³/mol. The van der Waals surface area contributed by atoms with Crippen LogP contribution in [0.3, 0.4) is 0 Å². The van der Waals surface area contributed by atoms with E-state index in [2.05, 4.69) is 18.2 Å². The first-order valence-electron chi connectivity index (χ1n) is 6.99. The number of esters is 1. The summed E-state index contributed by atoms with van der Waals surface area (Å²) < 4.78 is 5.59. The molecular formula is C19H16O2. The van der Waals surface area contributed by atoms with E-state index in [1.54, 1.807) is 12.1 Å². The lowest BCUT2D eigenvalue weighted by Gasteiger charge is -2.16. The molecule has 2 nitrogen and oxygen atoms in total. The molecule has 0 saturated carbocycles. The summed E-state index contributed by atoms with van der Waals surface area (Å²) in [5, 5.41) is 2.27. The minimum absolute atomic E-state index is 0.288. The second-order valence-electron chi connectivity index (χ2n) is 4.98. The van der Waals surface area contributed by atoms with Crippen molar-refractivity contribution in [2.75, 3.05) is 0 Å². The van der Waals surface area contributed by atoms with Crippen LogP contribution in [0.1, 0.15) is 28.9 Å². The molecule has 3 rings (SSSR count). The van der Waals surface area contributed by atoms with Crippen LogP contribution in [0.2, 0.25) is 0 Å². The molecule has 0 bridgehead atoms. The Bertz CT molecular complexity index is 757. The Balaban J connectivity index is 1.88. The molecule has 1 atom stereocenters. The van der Waals surface area contributed by atoms with E-state index in [-0.39, 0.29) is 12.1 Å². The van der Waals surface area contributed by atoms with Crippen molar-refractivity contribution in [3.63, 3.8) is 0 Å². The zero-order valence-corrected chi connectivity index (χ0v) is 11.8. The third kappa shape index (κ3) is 2.79. The van der Waals surface area contributed by atoms with Crippen LogP contribution in [-0.2, 0) is 4.74 Å². The second kappa shape index (κ2) is 5.80. The molecule has 0 spiro atoms. The van der Waals surface area contributed by atoms with Gasteiger partial charge in [-0.15, -0.1) is 0 Å². The zero-order chi connectivity index (χ0) is 14.7. The van der Waals surface area contributed by atoms with Crippen molar-refractivity contribution >= 4 is 16.7 Å². The van der Waals surface area contributed by atoms with E-state index in [1.165, 1.54) is 0 Å². The molecule has 0 heterocycles. The van der Waals surface area contributed by atoms with E-state index >= 15 is 0 Å². The van der Waals surface area contributed by atoms with Crippen LogP contribution < -0.4 is 0 Å². The van der Waals surface area contributed by atoms with E-state index in [0.717, 1.165) is 16.3 Å². The van der Waals surface area contributed by atoms with Crippen LogP contribution in [0.15, 0.2) is 72.8 Å². The normalized spacial score (nSPS) is 12.0. The molecule has 0 aromatic heterocycles. The zero-order valence-electron chi connectivity index (χ0n) is 11.8. The molecule has 0 amide bonds. The third-order valence-electron chi connectivity index (χ3n) is 3.55. The van der Waals surface area contributed by atoms with Gasteiger partial charge < -0.3 is 4.74 Å². The number of rotatable bonds is 3. The molecule has 0 radical (unpaired) electrons. The summed E-state index contributed by atoms with van der Waals surface area (Å²) >= 11 is 0. The van der Waals surface area contributed by atoms with Gasteiger partial charge in [-0.3, -0.25) is 0 Å². The van der Waals surface area contributed by atoms with E-state index in [1.807, 2.05) is 49.4 Å². The summed E-state index contributed by atoms with van der Waals surface area (Å²) in [5.74, 6) is -0.295. The summed E-state index contributed by atoms with van der Waals surface area (Å²) in [6, 6.07) is 23.2. The van der Waals surface area contributed by atoms with Gasteiger partial charge in [-0.25, -0.2) is 4.79 Å². The largest absolute Gasteiger partial charge is 0.454 e. The van der Waals surface area contributed by atoms with Gasteiger partial charge >= 0.3 is 5.97 Å². The average Bonchev–Trinajstić information content (AvgIpc) is 2.55. The highest BCUT2D eigenvalue weighted by atomic mass is 16.5. The van der Waals surface area contributed by atoms with Crippen LogP contribution in [0.4, 0.5) is 0 Å². The van der Waals surface area contributed by atoms with E-state index in [4.69, 9.17) is 4.74 Å². The molecule has 0 aliphatic rings. The number of carbonyl (C=O) groups is 1. The molecule has 0 aliphatic heterocycles. The first-order chi connectivity index (χ1) is 10.3. The lowest BCUT2D eigenvalue weighted by atomic mass is 10.0. The predicted octanol–water partition coefficient (Wildman–Crippen LogP) is 4.76. The van der Waals surface area contributed by atoms with Crippen molar-refractivity contribution in [1.82, 2.24) is 0 Å². The lowest BCUT2D eigenvalue weighted by Crippen LogP contribution is -2.09. The van der Waals surface area contributed by atoms with E-state index in [9.17, 15) is 4.79 Å². The lowest BCUT2D eigenvalue weighted by molar-refractivity contribution is 0.0341.